The number of fused-ring (bicyclic) bond motifs is 1. The number of hydrogen-bond donors (Lipinski definition) is 1. The van der Waals surface area contributed by atoms with Gasteiger partial charge in [0.1, 0.15) is 11.9 Å². The zero-order chi connectivity index (χ0) is 20.2. The number of benzene rings is 2. The zero-order valence-corrected chi connectivity index (χ0v) is 17.0. The summed E-state index contributed by atoms with van der Waals surface area (Å²) in [4.78, 5) is 14.4. The summed E-state index contributed by atoms with van der Waals surface area (Å²) in [6.07, 6.45) is 4.54. The highest BCUT2D eigenvalue weighted by Crippen LogP contribution is 2.27. The van der Waals surface area contributed by atoms with E-state index >= 15 is 0 Å². The lowest BCUT2D eigenvalue weighted by Gasteiger charge is -2.23. The maximum atomic E-state index is 12.8. The molecule has 0 saturated carbocycles. The van der Waals surface area contributed by atoms with E-state index in [1.807, 2.05) is 42.5 Å². The fraction of sp³-hybridized carbons (Fsp3) is 0.348. The van der Waals surface area contributed by atoms with Gasteiger partial charge in [-0.3, -0.25) is 4.79 Å². The second kappa shape index (κ2) is 8.47. The molecule has 1 aromatic heterocycles. The molecule has 1 N–H and O–H groups in total. The van der Waals surface area contributed by atoms with Crippen molar-refractivity contribution in [3.63, 3.8) is 0 Å². The summed E-state index contributed by atoms with van der Waals surface area (Å²) >= 11 is 0. The number of aryl methyl sites for hydroxylation is 1. The van der Waals surface area contributed by atoms with Crippen LogP contribution in [-0.2, 0) is 17.8 Å². The van der Waals surface area contributed by atoms with Crippen LogP contribution in [0, 0.1) is 0 Å². The molecule has 3 aromatic rings. The van der Waals surface area contributed by atoms with E-state index < -0.39 is 6.04 Å². The number of anilines is 1. The molecule has 0 spiro atoms. The normalized spacial score (nSPS) is 14.6. The molecule has 150 valence electrons. The molecule has 29 heavy (non-hydrogen) atoms. The smallest absolute Gasteiger partial charge is 0.249 e. The zero-order valence-electron chi connectivity index (χ0n) is 17.0. The van der Waals surface area contributed by atoms with Gasteiger partial charge >= 0.3 is 0 Å². The van der Waals surface area contributed by atoms with Crippen molar-refractivity contribution in [1.82, 2.24) is 19.7 Å². The van der Waals surface area contributed by atoms with Crippen LogP contribution in [0.5, 0.6) is 0 Å². The van der Waals surface area contributed by atoms with Gasteiger partial charge in [0, 0.05) is 38.3 Å². The number of hydrogen-bond acceptors (Lipinski definition) is 4. The van der Waals surface area contributed by atoms with E-state index in [1.165, 1.54) is 12.8 Å². The molecule has 0 bridgehead atoms. The van der Waals surface area contributed by atoms with Crippen LogP contribution in [0.15, 0.2) is 54.6 Å². The number of aromatic nitrogens is 3. The van der Waals surface area contributed by atoms with Crippen LogP contribution in [0.4, 0.5) is 5.69 Å². The number of carbonyl (C=O) groups excluding carboxylic acids is 1. The third-order valence-electron chi connectivity index (χ3n) is 5.36. The van der Waals surface area contributed by atoms with E-state index in [0.717, 1.165) is 47.8 Å². The molecule has 0 unspecified atom stereocenters. The largest absolute Gasteiger partial charge is 0.370 e. The van der Waals surface area contributed by atoms with Gasteiger partial charge in [-0.2, -0.15) is 0 Å². The summed E-state index contributed by atoms with van der Waals surface area (Å²) in [6, 6.07) is 17.5. The van der Waals surface area contributed by atoms with Gasteiger partial charge in [-0.15, -0.1) is 10.2 Å². The highest BCUT2D eigenvalue weighted by molar-refractivity contribution is 5.86. The average Bonchev–Trinajstić information content (AvgIpc) is 3.00. The first-order valence-electron chi connectivity index (χ1n) is 10.2. The van der Waals surface area contributed by atoms with Gasteiger partial charge in [0.15, 0.2) is 5.82 Å². The molecule has 6 nitrogen and oxygen atoms in total. The molecule has 1 amide bonds. The van der Waals surface area contributed by atoms with Crippen LogP contribution in [0.2, 0.25) is 0 Å². The van der Waals surface area contributed by atoms with Gasteiger partial charge in [0.2, 0.25) is 5.91 Å². The first-order chi connectivity index (χ1) is 14.1. The molecular weight excluding hydrogens is 362 g/mol. The molecule has 0 aliphatic carbocycles. The van der Waals surface area contributed by atoms with Gasteiger partial charge in [-0.25, -0.2) is 0 Å². The Morgan fingerprint density at radius 1 is 1.03 bits per heavy atom. The molecule has 4 rings (SSSR count). The summed E-state index contributed by atoms with van der Waals surface area (Å²) in [5.41, 5.74) is 2.84. The van der Waals surface area contributed by atoms with Crippen molar-refractivity contribution in [2.75, 3.05) is 19.4 Å². The standard InChI is InChI=1S/C23H27N5O/c1-27(2)23(29)21(17-10-5-3-6-11-17)24-19-13-9-12-18(16-19)22-26-25-20-14-7-4-8-15-28(20)22/h3,5-6,9-13,16,21,24H,4,7-8,14-15H2,1-2H3/t21-/m0/s1. The quantitative estimate of drug-likeness (QED) is 0.719. The minimum Gasteiger partial charge on any atom is -0.370 e. The van der Waals surface area contributed by atoms with Crippen LogP contribution in [0.1, 0.15) is 36.7 Å². The molecule has 0 radical (unpaired) electrons. The maximum Gasteiger partial charge on any atom is 0.249 e. The molecule has 1 aliphatic rings. The maximum absolute atomic E-state index is 12.8. The lowest BCUT2D eigenvalue weighted by molar-refractivity contribution is -0.129. The Balaban J connectivity index is 1.64. The summed E-state index contributed by atoms with van der Waals surface area (Å²) in [6.45, 7) is 0.959. The minimum absolute atomic E-state index is 0.0120. The molecule has 6 heteroatoms. The van der Waals surface area contributed by atoms with Gasteiger partial charge < -0.3 is 14.8 Å². The molecule has 1 atom stereocenters. The molecule has 2 heterocycles. The molecule has 0 fully saturated rings. The number of rotatable bonds is 5. The van der Waals surface area contributed by atoms with Crippen LogP contribution in [-0.4, -0.2) is 39.7 Å². The number of amides is 1. The van der Waals surface area contributed by atoms with Crippen molar-refractivity contribution in [1.29, 1.82) is 0 Å². The van der Waals surface area contributed by atoms with E-state index in [-0.39, 0.29) is 5.91 Å². The third-order valence-corrected chi connectivity index (χ3v) is 5.36. The number of nitrogens with one attached hydrogen (secondary N) is 1. The van der Waals surface area contributed by atoms with E-state index in [9.17, 15) is 4.79 Å². The molecular formula is C23H27N5O. The van der Waals surface area contributed by atoms with Crippen molar-refractivity contribution in [3.05, 3.63) is 66.0 Å². The Morgan fingerprint density at radius 2 is 1.86 bits per heavy atom. The molecule has 0 saturated heterocycles. The highest BCUT2D eigenvalue weighted by atomic mass is 16.2. The summed E-state index contributed by atoms with van der Waals surface area (Å²) in [7, 11) is 3.56. The lowest BCUT2D eigenvalue weighted by atomic mass is 10.0. The summed E-state index contributed by atoms with van der Waals surface area (Å²) < 4.78 is 2.24. The van der Waals surface area contributed by atoms with Crippen molar-refractivity contribution < 1.29 is 4.79 Å². The predicted molar refractivity (Wildman–Crippen MR) is 115 cm³/mol. The Bertz CT molecular complexity index is 980. The summed E-state index contributed by atoms with van der Waals surface area (Å²) in [5, 5.41) is 12.3. The van der Waals surface area contributed by atoms with E-state index in [2.05, 4.69) is 32.2 Å². The van der Waals surface area contributed by atoms with Crippen molar-refractivity contribution in [2.45, 2.75) is 38.3 Å². The first kappa shape index (κ1) is 19.2. The van der Waals surface area contributed by atoms with Crippen molar-refractivity contribution in [2.24, 2.45) is 0 Å². The average molecular weight is 390 g/mol. The number of carbonyl (C=O) groups is 1. The van der Waals surface area contributed by atoms with Gasteiger partial charge in [0.05, 0.1) is 0 Å². The topological polar surface area (TPSA) is 63.1 Å². The Kier molecular flexibility index (Phi) is 5.60. The predicted octanol–water partition coefficient (Wildman–Crippen LogP) is 3.91. The fourth-order valence-corrected chi connectivity index (χ4v) is 3.80. The van der Waals surface area contributed by atoms with Crippen LogP contribution >= 0.6 is 0 Å². The second-order valence-corrected chi connectivity index (χ2v) is 7.70. The fourth-order valence-electron chi connectivity index (χ4n) is 3.80. The van der Waals surface area contributed by atoms with Crippen molar-refractivity contribution >= 4 is 11.6 Å². The van der Waals surface area contributed by atoms with Crippen LogP contribution in [0.25, 0.3) is 11.4 Å². The van der Waals surface area contributed by atoms with Crippen LogP contribution in [0.3, 0.4) is 0 Å². The number of nitrogens with zero attached hydrogens (tertiary/aromatic N) is 4. The lowest BCUT2D eigenvalue weighted by Crippen LogP contribution is -2.32. The Morgan fingerprint density at radius 3 is 2.66 bits per heavy atom. The van der Waals surface area contributed by atoms with Gasteiger partial charge in [0.25, 0.3) is 0 Å². The Hall–Kier alpha value is -3.15. The van der Waals surface area contributed by atoms with Crippen LogP contribution < -0.4 is 5.32 Å². The monoisotopic (exact) mass is 389 g/mol. The van der Waals surface area contributed by atoms with E-state index in [4.69, 9.17) is 0 Å². The van der Waals surface area contributed by atoms with E-state index in [0.29, 0.717) is 0 Å². The highest BCUT2D eigenvalue weighted by Gasteiger charge is 2.22. The summed E-state index contributed by atoms with van der Waals surface area (Å²) in [5.74, 6) is 1.99. The SMILES string of the molecule is CN(C)C(=O)[C@@H](Nc1cccc(-c2nnc3n2CCCCC3)c1)c1ccccc1. The van der Waals surface area contributed by atoms with E-state index in [1.54, 1.807) is 19.0 Å². The molecule has 2 aromatic carbocycles. The molecule has 1 aliphatic heterocycles. The van der Waals surface area contributed by atoms with Crippen molar-refractivity contribution in [3.8, 4) is 11.4 Å². The second-order valence-electron chi connectivity index (χ2n) is 7.70. The van der Waals surface area contributed by atoms with Gasteiger partial charge in [-0.1, -0.05) is 48.9 Å². The third kappa shape index (κ3) is 4.16. The Labute approximate surface area is 171 Å². The number of likely N-dealkylation sites (N-methyl/N-ethyl adjacent to an activating group) is 1. The van der Waals surface area contributed by atoms with Gasteiger partial charge in [-0.05, 0) is 30.5 Å². The minimum atomic E-state index is -0.447. The first-order valence-corrected chi connectivity index (χ1v) is 10.2.